The summed E-state index contributed by atoms with van der Waals surface area (Å²) in [6.45, 7) is 6.69. The minimum Gasteiger partial charge on any atom is -0.465 e. The molecule has 2 aromatic carbocycles. The van der Waals surface area contributed by atoms with Gasteiger partial charge in [-0.15, -0.1) is 0 Å². The maximum absolute atomic E-state index is 11.8. The first-order chi connectivity index (χ1) is 15.5. The molecule has 0 saturated carbocycles. The van der Waals surface area contributed by atoms with Crippen LogP contribution in [0.25, 0.3) is 0 Å². The van der Waals surface area contributed by atoms with Crippen LogP contribution in [0.2, 0.25) is 0 Å². The van der Waals surface area contributed by atoms with Gasteiger partial charge < -0.3 is 15.7 Å². The van der Waals surface area contributed by atoms with Crippen LogP contribution in [0, 0.1) is 15.5 Å². The smallest absolute Gasteiger partial charge is 0.407 e. The molecule has 1 heterocycles. The van der Waals surface area contributed by atoms with E-state index in [-0.39, 0.29) is 34.2 Å². The number of aliphatic imine (C=N–C) groups is 1. The fraction of sp³-hybridized carbons (Fsp3) is 0.375. The highest BCUT2D eigenvalue weighted by molar-refractivity contribution is 6.01. The molecule has 1 fully saturated rings. The third-order valence-corrected chi connectivity index (χ3v) is 5.95. The molecule has 2 aromatic rings. The van der Waals surface area contributed by atoms with Gasteiger partial charge in [-0.25, -0.2) is 4.79 Å². The number of carbonyl (C=O) groups excluding carboxylic acids is 1. The highest BCUT2D eigenvalue weighted by Gasteiger charge is 2.42. The van der Waals surface area contributed by atoms with E-state index < -0.39 is 16.9 Å². The number of carboxylic acid groups (broad SMARTS) is 1. The first kappa shape index (κ1) is 23.9. The topological polar surface area (TPSA) is 139 Å². The molecule has 0 radical (unpaired) electrons. The Bertz CT molecular complexity index is 1090. The Balaban J connectivity index is 1.89. The van der Waals surface area contributed by atoms with Crippen LogP contribution in [0.1, 0.15) is 61.0 Å². The van der Waals surface area contributed by atoms with Crippen LogP contribution in [-0.2, 0) is 0 Å². The van der Waals surface area contributed by atoms with Gasteiger partial charge >= 0.3 is 6.09 Å². The molecule has 174 valence electrons. The van der Waals surface area contributed by atoms with Gasteiger partial charge in [0.15, 0.2) is 0 Å². The number of amides is 2. The van der Waals surface area contributed by atoms with E-state index in [0.717, 1.165) is 18.4 Å². The summed E-state index contributed by atoms with van der Waals surface area (Å²) in [7, 11) is 0. The number of rotatable bonds is 5. The van der Waals surface area contributed by atoms with E-state index >= 15 is 0 Å². The Labute approximate surface area is 192 Å². The summed E-state index contributed by atoms with van der Waals surface area (Å²) in [6, 6.07) is 11.6. The fourth-order valence-electron chi connectivity index (χ4n) is 4.65. The average molecular weight is 453 g/mol. The standard InChI is InChI=1S/C24H28N4O5/c1-24(2,3)21-18(8-5-13-27(21)23(30)31)15-9-11-17(12-10-15)26-14-16-6-4-7-19(22(25)29)20(16)28(32)33/h4,6-7,9-12,14,18,21H,5,8,13H2,1-3H3,(H2,25,29)(H,30,31). The van der Waals surface area contributed by atoms with E-state index in [4.69, 9.17) is 5.73 Å². The zero-order valence-corrected chi connectivity index (χ0v) is 18.9. The number of nitro groups is 1. The lowest BCUT2D eigenvalue weighted by atomic mass is 9.71. The number of primary amides is 1. The number of para-hydroxylation sites is 1. The molecule has 3 rings (SSSR count). The van der Waals surface area contributed by atoms with Crippen LogP contribution in [0.5, 0.6) is 0 Å². The number of nitrogens with zero attached hydrogens (tertiary/aromatic N) is 3. The Hall–Kier alpha value is -3.75. The molecule has 1 aliphatic rings. The molecule has 33 heavy (non-hydrogen) atoms. The minimum absolute atomic E-state index is 0.0567. The fourth-order valence-corrected chi connectivity index (χ4v) is 4.65. The number of likely N-dealkylation sites (tertiary alicyclic amines) is 1. The third kappa shape index (κ3) is 5.19. The Morgan fingerprint density at radius 1 is 1.21 bits per heavy atom. The molecule has 2 unspecified atom stereocenters. The van der Waals surface area contributed by atoms with E-state index in [1.807, 2.05) is 12.1 Å². The van der Waals surface area contributed by atoms with Crippen molar-refractivity contribution < 1.29 is 19.6 Å². The molecule has 1 saturated heterocycles. The van der Waals surface area contributed by atoms with E-state index in [0.29, 0.717) is 12.2 Å². The van der Waals surface area contributed by atoms with Crippen molar-refractivity contribution in [3.8, 4) is 0 Å². The normalized spacial score (nSPS) is 18.9. The predicted molar refractivity (Wildman–Crippen MR) is 125 cm³/mol. The van der Waals surface area contributed by atoms with Gasteiger partial charge in [-0.05, 0) is 48.1 Å². The van der Waals surface area contributed by atoms with Crippen molar-refractivity contribution in [3.05, 3.63) is 69.3 Å². The second-order valence-corrected chi connectivity index (χ2v) is 9.25. The van der Waals surface area contributed by atoms with Gasteiger partial charge in [-0.3, -0.25) is 19.9 Å². The second-order valence-electron chi connectivity index (χ2n) is 9.25. The molecule has 0 bridgehead atoms. The molecular formula is C24H28N4O5. The number of hydrogen-bond acceptors (Lipinski definition) is 5. The van der Waals surface area contributed by atoms with E-state index in [1.165, 1.54) is 24.4 Å². The van der Waals surface area contributed by atoms with Crippen molar-refractivity contribution in [2.75, 3.05) is 6.54 Å². The lowest BCUT2D eigenvalue weighted by molar-refractivity contribution is -0.385. The SMILES string of the molecule is CC(C)(C)C1C(c2ccc(N=Cc3cccc(C(N)=O)c3[N+](=O)[O-])cc2)CCCN1C(=O)O. The summed E-state index contributed by atoms with van der Waals surface area (Å²) in [6.07, 6.45) is 2.12. The minimum atomic E-state index is -0.902. The number of nitrogens with two attached hydrogens (primary N) is 1. The van der Waals surface area contributed by atoms with E-state index in [2.05, 4.69) is 25.8 Å². The number of hydrogen-bond donors (Lipinski definition) is 2. The maximum atomic E-state index is 11.8. The van der Waals surface area contributed by atoms with E-state index in [1.54, 1.807) is 17.0 Å². The summed E-state index contributed by atoms with van der Waals surface area (Å²) in [4.78, 5) is 40.1. The highest BCUT2D eigenvalue weighted by Crippen LogP contribution is 2.42. The Morgan fingerprint density at radius 2 is 1.88 bits per heavy atom. The van der Waals surface area contributed by atoms with Gasteiger partial charge in [0.2, 0.25) is 0 Å². The van der Waals surface area contributed by atoms with Gasteiger partial charge in [-0.1, -0.05) is 39.0 Å². The van der Waals surface area contributed by atoms with Crippen molar-refractivity contribution in [1.29, 1.82) is 0 Å². The van der Waals surface area contributed by atoms with Crippen molar-refractivity contribution in [3.63, 3.8) is 0 Å². The lowest BCUT2D eigenvalue weighted by Gasteiger charge is -2.47. The van der Waals surface area contributed by atoms with Crippen molar-refractivity contribution >= 4 is 29.6 Å². The largest absolute Gasteiger partial charge is 0.465 e. The number of benzene rings is 2. The number of piperidine rings is 1. The summed E-state index contributed by atoms with van der Waals surface area (Å²) in [5, 5.41) is 21.2. The number of nitro benzene ring substituents is 1. The molecule has 1 aliphatic heterocycles. The summed E-state index contributed by atoms with van der Waals surface area (Å²) >= 11 is 0. The second kappa shape index (κ2) is 9.40. The first-order valence-corrected chi connectivity index (χ1v) is 10.7. The Kier molecular flexibility index (Phi) is 6.81. The lowest BCUT2D eigenvalue weighted by Crippen LogP contribution is -2.53. The van der Waals surface area contributed by atoms with Crippen LogP contribution < -0.4 is 5.73 Å². The zero-order chi connectivity index (χ0) is 24.3. The monoisotopic (exact) mass is 452 g/mol. The molecular weight excluding hydrogens is 424 g/mol. The molecule has 0 aromatic heterocycles. The van der Waals surface area contributed by atoms with Crippen LogP contribution in [0.3, 0.4) is 0 Å². The molecule has 2 atom stereocenters. The van der Waals surface area contributed by atoms with Gasteiger partial charge in [0.25, 0.3) is 11.6 Å². The van der Waals surface area contributed by atoms with Gasteiger partial charge in [0, 0.05) is 24.7 Å². The first-order valence-electron chi connectivity index (χ1n) is 10.7. The van der Waals surface area contributed by atoms with Crippen molar-refractivity contribution in [2.45, 2.75) is 45.6 Å². The summed E-state index contributed by atoms with van der Waals surface area (Å²) in [5.41, 5.74) is 6.26. The molecule has 0 spiro atoms. The van der Waals surface area contributed by atoms with Gasteiger partial charge in [0.1, 0.15) is 5.56 Å². The number of carbonyl (C=O) groups is 2. The molecule has 0 aliphatic carbocycles. The van der Waals surface area contributed by atoms with Gasteiger partial charge in [0.05, 0.1) is 16.2 Å². The van der Waals surface area contributed by atoms with Crippen LogP contribution in [0.4, 0.5) is 16.2 Å². The van der Waals surface area contributed by atoms with Crippen LogP contribution in [0.15, 0.2) is 47.5 Å². The maximum Gasteiger partial charge on any atom is 0.407 e. The molecule has 3 N–H and O–H groups in total. The summed E-state index contributed by atoms with van der Waals surface area (Å²) in [5.74, 6) is -0.821. The molecule has 9 heteroatoms. The molecule has 9 nitrogen and oxygen atoms in total. The van der Waals surface area contributed by atoms with Gasteiger partial charge in [-0.2, -0.15) is 0 Å². The zero-order valence-electron chi connectivity index (χ0n) is 18.9. The van der Waals surface area contributed by atoms with Crippen molar-refractivity contribution in [1.82, 2.24) is 4.90 Å². The molecule has 2 amide bonds. The summed E-state index contributed by atoms with van der Waals surface area (Å²) < 4.78 is 0. The van der Waals surface area contributed by atoms with Crippen LogP contribution in [-0.4, -0.2) is 45.7 Å². The van der Waals surface area contributed by atoms with E-state index in [9.17, 15) is 24.8 Å². The predicted octanol–water partition coefficient (Wildman–Crippen LogP) is 4.72. The third-order valence-electron chi connectivity index (χ3n) is 5.95. The quantitative estimate of drug-likeness (QED) is 0.384. The van der Waals surface area contributed by atoms with Crippen molar-refractivity contribution in [2.24, 2.45) is 16.1 Å². The van der Waals surface area contributed by atoms with Crippen LogP contribution >= 0.6 is 0 Å². The Morgan fingerprint density at radius 3 is 2.42 bits per heavy atom. The average Bonchev–Trinajstić information content (AvgIpc) is 2.76. The highest BCUT2D eigenvalue weighted by atomic mass is 16.6.